The molecular formula is C24H28ClN3O2. The van der Waals surface area contributed by atoms with Crippen molar-refractivity contribution in [3.05, 3.63) is 64.7 Å². The second-order valence-electron chi connectivity index (χ2n) is 8.39. The van der Waals surface area contributed by atoms with Crippen molar-refractivity contribution < 1.29 is 9.63 Å². The van der Waals surface area contributed by atoms with Crippen LogP contribution in [0.5, 0.6) is 0 Å². The SMILES string of the molecule is CN(C)c1ccc(C2=NOC(CN(Cc3cccc(Cl)c3)C(=O)C3CCC3)C2)cc1. The number of benzene rings is 2. The smallest absolute Gasteiger partial charge is 0.226 e. The number of hydrogen-bond acceptors (Lipinski definition) is 4. The summed E-state index contributed by atoms with van der Waals surface area (Å²) in [5.41, 5.74) is 4.18. The molecule has 0 bridgehead atoms. The van der Waals surface area contributed by atoms with Crippen molar-refractivity contribution in [2.45, 2.75) is 38.3 Å². The first kappa shape index (κ1) is 20.7. The Kier molecular flexibility index (Phi) is 6.28. The maximum absolute atomic E-state index is 13.1. The summed E-state index contributed by atoms with van der Waals surface area (Å²) in [5.74, 6) is 0.359. The van der Waals surface area contributed by atoms with E-state index < -0.39 is 0 Å². The fraction of sp³-hybridized carbons (Fsp3) is 0.417. The molecule has 0 saturated heterocycles. The first-order chi connectivity index (χ1) is 14.5. The molecule has 1 amide bonds. The minimum atomic E-state index is -0.128. The maximum atomic E-state index is 13.1. The van der Waals surface area contributed by atoms with Crippen LogP contribution in [-0.2, 0) is 16.2 Å². The van der Waals surface area contributed by atoms with E-state index in [1.165, 1.54) is 0 Å². The largest absolute Gasteiger partial charge is 0.390 e. The van der Waals surface area contributed by atoms with Crippen LogP contribution in [-0.4, -0.2) is 43.3 Å². The summed E-state index contributed by atoms with van der Waals surface area (Å²) < 4.78 is 0. The van der Waals surface area contributed by atoms with Crippen molar-refractivity contribution in [1.29, 1.82) is 0 Å². The number of oxime groups is 1. The zero-order valence-corrected chi connectivity index (χ0v) is 18.3. The van der Waals surface area contributed by atoms with Crippen LogP contribution in [0.1, 0.15) is 36.8 Å². The number of hydrogen-bond donors (Lipinski definition) is 0. The number of nitrogens with zero attached hydrogens (tertiary/aromatic N) is 3. The van der Waals surface area contributed by atoms with E-state index in [1.54, 1.807) is 0 Å². The van der Waals surface area contributed by atoms with Crippen LogP contribution in [0.15, 0.2) is 53.7 Å². The predicted octanol–water partition coefficient (Wildman–Crippen LogP) is 4.73. The molecular weight excluding hydrogens is 398 g/mol. The van der Waals surface area contributed by atoms with Crippen molar-refractivity contribution in [1.82, 2.24) is 4.90 Å². The fourth-order valence-corrected chi connectivity index (χ4v) is 4.11. The summed E-state index contributed by atoms with van der Waals surface area (Å²) in [6.07, 6.45) is 3.67. The van der Waals surface area contributed by atoms with Gasteiger partial charge in [0.2, 0.25) is 5.91 Å². The van der Waals surface area contributed by atoms with Crippen molar-refractivity contribution in [2.24, 2.45) is 11.1 Å². The van der Waals surface area contributed by atoms with Gasteiger partial charge < -0.3 is 14.6 Å². The van der Waals surface area contributed by atoms with Gasteiger partial charge in [0.25, 0.3) is 0 Å². The van der Waals surface area contributed by atoms with Gasteiger partial charge in [-0.2, -0.15) is 0 Å². The quantitative estimate of drug-likeness (QED) is 0.644. The van der Waals surface area contributed by atoms with E-state index in [2.05, 4.69) is 34.3 Å². The number of halogens is 1. The van der Waals surface area contributed by atoms with E-state index in [4.69, 9.17) is 16.4 Å². The molecule has 0 N–H and O–H groups in total. The highest BCUT2D eigenvalue weighted by molar-refractivity contribution is 6.30. The summed E-state index contributed by atoms with van der Waals surface area (Å²) >= 11 is 6.15. The van der Waals surface area contributed by atoms with Crippen LogP contribution in [0, 0.1) is 5.92 Å². The lowest BCUT2D eigenvalue weighted by molar-refractivity contribution is -0.140. The summed E-state index contributed by atoms with van der Waals surface area (Å²) in [4.78, 5) is 22.8. The second kappa shape index (κ2) is 9.09. The molecule has 6 heteroatoms. The van der Waals surface area contributed by atoms with E-state index in [-0.39, 0.29) is 17.9 Å². The number of anilines is 1. The Labute approximate surface area is 183 Å². The highest BCUT2D eigenvalue weighted by atomic mass is 35.5. The molecule has 1 unspecified atom stereocenters. The highest BCUT2D eigenvalue weighted by Crippen LogP contribution is 2.30. The Morgan fingerprint density at radius 2 is 1.93 bits per heavy atom. The van der Waals surface area contributed by atoms with Crippen LogP contribution in [0.2, 0.25) is 5.02 Å². The Morgan fingerprint density at radius 1 is 1.17 bits per heavy atom. The highest BCUT2D eigenvalue weighted by Gasteiger charge is 2.33. The van der Waals surface area contributed by atoms with Crippen LogP contribution in [0.4, 0.5) is 5.69 Å². The van der Waals surface area contributed by atoms with Gasteiger partial charge in [0.1, 0.15) is 0 Å². The molecule has 1 atom stereocenters. The Morgan fingerprint density at radius 3 is 2.57 bits per heavy atom. The third-order valence-corrected chi connectivity index (χ3v) is 6.14. The molecule has 1 aliphatic carbocycles. The molecule has 1 fully saturated rings. The molecule has 0 radical (unpaired) electrons. The molecule has 30 heavy (non-hydrogen) atoms. The molecule has 1 heterocycles. The molecule has 1 saturated carbocycles. The number of carbonyl (C=O) groups is 1. The molecule has 0 spiro atoms. The first-order valence-corrected chi connectivity index (χ1v) is 10.9. The van der Waals surface area contributed by atoms with Gasteiger partial charge >= 0.3 is 0 Å². The van der Waals surface area contributed by atoms with E-state index >= 15 is 0 Å². The first-order valence-electron chi connectivity index (χ1n) is 10.5. The zero-order chi connectivity index (χ0) is 21.1. The number of rotatable bonds is 7. The summed E-state index contributed by atoms with van der Waals surface area (Å²) in [7, 11) is 4.05. The van der Waals surface area contributed by atoms with Crippen LogP contribution in [0.3, 0.4) is 0 Å². The average Bonchev–Trinajstić information content (AvgIpc) is 3.15. The van der Waals surface area contributed by atoms with Gasteiger partial charge in [-0.25, -0.2) is 0 Å². The molecule has 2 aliphatic rings. The summed E-state index contributed by atoms with van der Waals surface area (Å²) in [5, 5.41) is 5.01. The van der Waals surface area contributed by atoms with Gasteiger partial charge in [-0.15, -0.1) is 0 Å². The lowest BCUT2D eigenvalue weighted by Crippen LogP contribution is -2.42. The van der Waals surface area contributed by atoms with Crippen molar-refractivity contribution >= 4 is 28.9 Å². The predicted molar refractivity (Wildman–Crippen MR) is 121 cm³/mol. The van der Waals surface area contributed by atoms with Gasteiger partial charge in [-0.1, -0.05) is 47.4 Å². The molecule has 0 aromatic heterocycles. The van der Waals surface area contributed by atoms with E-state index in [1.807, 2.05) is 43.3 Å². The Bertz CT molecular complexity index is 922. The molecule has 4 rings (SSSR count). The van der Waals surface area contributed by atoms with E-state index in [9.17, 15) is 4.79 Å². The number of carbonyl (C=O) groups excluding carboxylic acids is 1. The second-order valence-corrected chi connectivity index (χ2v) is 8.82. The lowest BCUT2D eigenvalue weighted by atomic mass is 9.84. The van der Waals surface area contributed by atoms with Crippen molar-refractivity contribution in [3.8, 4) is 0 Å². The lowest BCUT2D eigenvalue weighted by Gasteiger charge is -2.32. The standard InChI is InChI=1S/C24H28ClN3O2/c1-27(2)21-11-9-18(10-12-21)23-14-22(30-26-23)16-28(24(29)19-6-4-7-19)15-17-5-3-8-20(25)13-17/h3,5,8-13,19,22H,4,6-7,14-16H2,1-2H3. The van der Waals surface area contributed by atoms with Crippen LogP contribution in [0.25, 0.3) is 0 Å². The molecule has 5 nitrogen and oxygen atoms in total. The van der Waals surface area contributed by atoms with E-state index in [0.29, 0.717) is 24.5 Å². The zero-order valence-electron chi connectivity index (χ0n) is 17.6. The average molecular weight is 426 g/mol. The maximum Gasteiger partial charge on any atom is 0.226 e. The molecule has 158 valence electrons. The minimum Gasteiger partial charge on any atom is -0.390 e. The molecule has 2 aromatic carbocycles. The Balaban J connectivity index is 1.42. The summed E-state index contributed by atoms with van der Waals surface area (Å²) in [6.45, 7) is 1.08. The fourth-order valence-electron chi connectivity index (χ4n) is 3.90. The topological polar surface area (TPSA) is 45.1 Å². The van der Waals surface area contributed by atoms with Crippen LogP contribution < -0.4 is 4.90 Å². The van der Waals surface area contributed by atoms with Crippen LogP contribution >= 0.6 is 11.6 Å². The van der Waals surface area contributed by atoms with Gasteiger partial charge in [0, 0.05) is 43.7 Å². The Hall–Kier alpha value is -2.53. The summed E-state index contributed by atoms with van der Waals surface area (Å²) in [6, 6.07) is 16.0. The van der Waals surface area contributed by atoms with E-state index in [0.717, 1.165) is 41.8 Å². The molecule has 2 aromatic rings. The van der Waals surface area contributed by atoms with Crippen molar-refractivity contribution in [2.75, 3.05) is 25.5 Å². The minimum absolute atomic E-state index is 0.128. The van der Waals surface area contributed by atoms with Gasteiger partial charge in [-0.05, 0) is 48.2 Å². The number of amides is 1. The normalized spacial score (nSPS) is 18.4. The van der Waals surface area contributed by atoms with Crippen molar-refractivity contribution in [3.63, 3.8) is 0 Å². The third-order valence-electron chi connectivity index (χ3n) is 5.90. The van der Waals surface area contributed by atoms with Gasteiger partial charge in [-0.3, -0.25) is 4.79 Å². The molecule has 1 aliphatic heterocycles. The monoisotopic (exact) mass is 425 g/mol. The van der Waals surface area contributed by atoms with Gasteiger partial charge in [0.15, 0.2) is 6.10 Å². The third kappa shape index (κ3) is 4.78. The van der Waals surface area contributed by atoms with Gasteiger partial charge in [0.05, 0.1) is 12.3 Å².